The summed E-state index contributed by atoms with van der Waals surface area (Å²) in [6.07, 6.45) is 5.90. The molecule has 1 fully saturated rings. The van der Waals surface area contributed by atoms with Crippen LogP contribution in [0.25, 0.3) is 0 Å². The number of carboxylic acids is 1. The molecule has 0 amide bonds. The minimum Gasteiger partial charge on any atom is -0.481 e. The number of aromatic nitrogens is 1. The van der Waals surface area contributed by atoms with Crippen LogP contribution in [0.1, 0.15) is 53.6 Å². The summed E-state index contributed by atoms with van der Waals surface area (Å²) in [4.78, 5) is 16.3. The van der Waals surface area contributed by atoms with Gasteiger partial charge in [-0.25, -0.2) is 4.98 Å². The molecule has 1 aliphatic rings. The highest BCUT2D eigenvalue weighted by molar-refractivity contribution is 7.11. The van der Waals surface area contributed by atoms with Crippen LogP contribution in [-0.4, -0.2) is 16.1 Å². The van der Waals surface area contributed by atoms with E-state index in [0.717, 1.165) is 5.69 Å². The highest BCUT2D eigenvalue weighted by atomic mass is 32.1. The van der Waals surface area contributed by atoms with E-state index in [0.29, 0.717) is 12.3 Å². The van der Waals surface area contributed by atoms with Crippen molar-refractivity contribution in [1.29, 1.82) is 0 Å². The van der Waals surface area contributed by atoms with Crippen LogP contribution in [-0.2, 0) is 11.2 Å². The van der Waals surface area contributed by atoms with Gasteiger partial charge in [0.15, 0.2) is 0 Å². The van der Waals surface area contributed by atoms with E-state index in [9.17, 15) is 4.79 Å². The predicted molar refractivity (Wildman–Crippen MR) is 64.0 cm³/mol. The third-order valence-corrected chi connectivity index (χ3v) is 4.36. The summed E-state index contributed by atoms with van der Waals surface area (Å²) in [6.45, 7) is 2.05. The number of rotatable bonds is 4. The summed E-state index contributed by atoms with van der Waals surface area (Å²) in [6, 6.07) is 0. The molecule has 1 saturated carbocycles. The lowest BCUT2D eigenvalue weighted by Gasteiger charge is -2.02. The maximum absolute atomic E-state index is 10.5. The van der Waals surface area contributed by atoms with Crippen molar-refractivity contribution in [2.24, 2.45) is 0 Å². The number of carbonyl (C=O) groups is 1. The molecular formula is C12H17NO2S. The van der Waals surface area contributed by atoms with Gasteiger partial charge in [0.05, 0.1) is 17.1 Å². The van der Waals surface area contributed by atoms with Crippen LogP contribution in [0.15, 0.2) is 0 Å². The summed E-state index contributed by atoms with van der Waals surface area (Å²) in [5.74, 6) is -0.0999. The molecule has 0 bridgehead atoms. The zero-order valence-electron chi connectivity index (χ0n) is 9.53. The van der Waals surface area contributed by atoms with Gasteiger partial charge in [-0.05, 0) is 19.8 Å². The van der Waals surface area contributed by atoms with E-state index in [1.165, 1.54) is 35.6 Å². The van der Waals surface area contributed by atoms with Gasteiger partial charge in [0, 0.05) is 17.2 Å². The number of aryl methyl sites for hydroxylation is 2. The highest BCUT2D eigenvalue weighted by Crippen LogP contribution is 2.37. The molecule has 1 aromatic heterocycles. The SMILES string of the molecule is Cc1sc(C2CCCC2)nc1CCC(=O)O. The Morgan fingerprint density at radius 2 is 2.19 bits per heavy atom. The average molecular weight is 239 g/mol. The number of hydrogen-bond donors (Lipinski definition) is 1. The zero-order chi connectivity index (χ0) is 11.5. The van der Waals surface area contributed by atoms with Crippen LogP contribution in [0.5, 0.6) is 0 Å². The van der Waals surface area contributed by atoms with Crippen molar-refractivity contribution in [2.45, 2.75) is 51.4 Å². The molecule has 88 valence electrons. The zero-order valence-corrected chi connectivity index (χ0v) is 10.3. The quantitative estimate of drug-likeness (QED) is 0.878. The Balaban J connectivity index is 2.05. The molecule has 1 heterocycles. The molecule has 0 unspecified atom stereocenters. The van der Waals surface area contributed by atoms with E-state index in [1.54, 1.807) is 11.3 Å². The first kappa shape index (κ1) is 11.6. The predicted octanol–water partition coefficient (Wildman–Crippen LogP) is 3.13. The number of thiazole rings is 1. The van der Waals surface area contributed by atoms with E-state index < -0.39 is 5.97 Å². The van der Waals surface area contributed by atoms with Gasteiger partial charge in [0.25, 0.3) is 0 Å². The molecule has 1 aliphatic carbocycles. The number of carboxylic acid groups (broad SMARTS) is 1. The molecule has 16 heavy (non-hydrogen) atoms. The summed E-state index contributed by atoms with van der Waals surface area (Å²) >= 11 is 1.76. The Morgan fingerprint density at radius 3 is 2.81 bits per heavy atom. The molecule has 1 N–H and O–H groups in total. The second kappa shape index (κ2) is 4.95. The van der Waals surface area contributed by atoms with E-state index in [4.69, 9.17) is 5.11 Å². The Hall–Kier alpha value is -0.900. The van der Waals surface area contributed by atoms with Crippen molar-refractivity contribution in [3.63, 3.8) is 0 Å². The van der Waals surface area contributed by atoms with Crippen molar-refractivity contribution >= 4 is 17.3 Å². The Labute approximate surface area is 99.5 Å². The third kappa shape index (κ3) is 2.61. The van der Waals surface area contributed by atoms with Crippen LogP contribution in [0, 0.1) is 6.92 Å². The van der Waals surface area contributed by atoms with E-state index in [2.05, 4.69) is 4.98 Å². The number of aliphatic carboxylic acids is 1. The van der Waals surface area contributed by atoms with Gasteiger partial charge in [-0.2, -0.15) is 0 Å². The maximum Gasteiger partial charge on any atom is 0.303 e. The smallest absolute Gasteiger partial charge is 0.303 e. The minimum absolute atomic E-state index is 0.189. The molecule has 1 aromatic rings. The molecule has 4 heteroatoms. The first-order valence-corrected chi connectivity index (χ1v) is 6.66. The van der Waals surface area contributed by atoms with Crippen LogP contribution in [0.4, 0.5) is 0 Å². The lowest BCUT2D eigenvalue weighted by molar-refractivity contribution is -0.136. The molecule has 2 rings (SSSR count). The highest BCUT2D eigenvalue weighted by Gasteiger charge is 2.21. The first-order chi connectivity index (χ1) is 7.66. The Bertz CT molecular complexity index is 380. The standard InChI is InChI=1S/C12H17NO2S/c1-8-10(6-7-11(14)15)13-12(16-8)9-4-2-3-5-9/h9H,2-7H2,1H3,(H,14,15). The molecular weight excluding hydrogens is 222 g/mol. The van der Waals surface area contributed by atoms with Gasteiger partial charge in [0.1, 0.15) is 0 Å². The monoisotopic (exact) mass is 239 g/mol. The Morgan fingerprint density at radius 1 is 1.50 bits per heavy atom. The van der Waals surface area contributed by atoms with Crippen LogP contribution in [0.3, 0.4) is 0 Å². The van der Waals surface area contributed by atoms with E-state index in [1.807, 2.05) is 6.92 Å². The van der Waals surface area contributed by atoms with Gasteiger partial charge in [-0.15, -0.1) is 11.3 Å². The molecule has 0 saturated heterocycles. The van der Waals surface area contributed by atoms with E-state index in [-0.39, 0.29) is 6.42 Å². The number of nitrogens with zero attached hydrogens (tertiary/aromatic N) is 1. The second-order valence-electron chi connectivity index (χ2n) is 4.43. The second-order valence-corrected chi connectivity index (χ2v) is 5.66. The lowest BCUT2D eigenvalue weighted by Crippen LogP contribution is -1.99. The molecule has 0 aromatic carbocycles. The van der Waals surface area contributed by atoms with Crippen molar-refractivity contribution in [1.82, 2.24) is 4.98 Å². The fourth-order valence-electron chi connectivity index (χ4n) is 2.25. The lowest BCUT2D eigenvalue weighted by atomic mass is 10.1. The van der Waals surface area contributed by atoms with Crippen molar-refractivity contribution in [3.8, 4) is 0 Å². The summed E-state index contributed by atoms with van der Waals surface area (Å²) in [7, 11) is 0. The van der Waals surface area contributed by atoms with Crippen LogP contribution < -0.4 is 0 Å². The molecule has 0 aliphatic heterocycles. The van der Waals surface area contributed by atoms with Gasteiger partial charge in [-0.1, -0.05) is 12.8 Å². The third-order valence-electron chi connectivity index (χ3n) is 3.19. The molecule has 0 spiro atoms. The van der Waals surface area contributed by atoms with Crippen LogP contribution >= 0.6 is 11.3 Å². The fraction of sp³-hybridized carbons (Fsp3) is 0.667. The first-order valence-electron chi connectivity index (χ1n) is 5.85. The summed E-state index contributed by atoms with van der Waals surface area (Å²) in [5.41, 5.74) is 0.995. The summed E-state index contributed by atoms with van der Waals surface area (Å²) in [5, 5.41) is 9.89. The summed E-state index contributed by atoms with van der Waals surface area (Å²) < 4.78 is 0. The van der Waals surface area contributed by atoms with Crippen molar-refractivity contribution in [2.75, 3.05) is 0 Å². The topological polar surface area (TPSA) is 50.2 Å². The molecule has 3 nitrogen and oxygen atoms in total. The fourth-order valence-corrected chi connectivity index (χ4v) is 3.39. The molecule has 0 atom stereocenters. The largest absolute Gasteiger partial charge is 0.481 e. The minimum atomic E-state index is -0.741. The van der Waals surface area contributed by atoms with Crippen LogP contribution in [0.2, 0.25) is 0 Å². The van der Waals surface area contributed by atoms with Crippen molar-refractivity contribution < 1.29 is 9.90 Å². The van der Waals surface area contributed by atoms with Gasteiger partial charge in [0.2, 0.25) is 0 Å². The maximum atomic E-state index is 10.5. The molecule has 0 radical (unpaired) electrons. The van der Waals surface area contributed by atoms with E-state index >= 15 is 0 Å². The Kier molecular flexibility index (Phi) is 3.59. The van der Waals surface area contributed by atoms with Gasteiger partial charge < -0.3 is 5.11 Å². The average Bonchev–Trinajstić information content (AvgIpc) is 2.83. The van der Waals surface area contributed by atoms with Gasteiger partial charge in [-0.3, -0.25) is 4.79 Å². The normalized spacial score (nSPS) is 16.8. The number of hydrogen-bond acceptors (Lipinski definition) is 3. The van der Waals surface area contributed by atoms with Crippen molar-refractivity contribution in [3.05, 3.63) is 15.6 Å². The van der Waals surface area contributed by atoms with Gasteiger partial charge >= 0.3 is 5.97 Å².